The first-order valence-electron chi connectivity index (χ1n) is 7.60. The fraction of sp³-hybridized carbons (Fsp3) is 0.333. The van der Waals surface area contributed by atoms with Crippen molar-refractivity contribution in [2.75, 3.05) is 13.7 Å². The number of esters is 1. The monoisotopic (exact) mass is 314 g/mol. The van der Waals surface area contributed by atoms with E-state index in [1.54, 1.807) is 24.8 Å². The van der Waals surface area contributed by atoms with Crippen LogP contribution in [0.5, 0.6) is 5.75 Å². The van der Waals surface area contributed by atoms with Crippen molar-refractivity contribution < 1.29 is 14.3 Å². The van der Waals surface area contributed by atoms with Gasteiger partial charge in [-0.3, -0.25) is 0 Å². The SMILES string of the molecule is C=Cc1c(C(=O)OCC)nn(-c2ccccc2OC)c1C(C)C. The van der Waals surface area contributed by atoms with Gasteiger partial charge in [0.1, 0.15) is 11.4 Å². The average molecular weight is 314 g/mol. The molecule has 0 unspecified atom stereocenters. The van der Waals surface area contributed by atoms with Crippen LogP contribution in [0, 0.1) is 0 Å². The quantitative estimate of drug-likeness (QED) is 0.761. The third-order valence-corrected chi connectivity index (χ3v) is 3.49. The van der Waals surface area contributed by atoms with Gasteiger partial charge in [-0.1, -0.05) is 38.6 Å². The van der Waals surface area contributed by atoms with Crippen molar-refractivity contribution in [2.24, 2.45) is 0 Å². The maximum Gasteiger partial charge on any atom is 0.359 e. The summed E-state index contributed by atoms with van der Waals surface area (Å²) in [5.74, 6) is 0.379. The van der Waals surface area contributed by atoms with Crippen molar-refractivity contribution in [3.63, 3.8) is 0 Å². The normalized spacial score (nSPS) is 10.7. The number of para-hydroxylation sites is 2. The molecule has 0 spiro atoms. The zero-order valence-electron chi connectivity index (χ0n) is 14.0. The summed E-state index contributed by atoms with van der Waals surface area (Å²) in [7, 11) is 1.61. The van der Waals surface area contributed by atoms with Crippen LogP contribution in [0.25, 0.3) is 11.8 Å². The number of benzene rings is 1. The lowest BCUT2D eigenvalue weighted by Gasteiger charge is -2.14. The Morgan fingerprint density at radius 1 is 1.39 bits per heavy atom. The first kappa shape index (κ1) is 16.8. The van der Waals surface area contributed by atoms with E-state index < -0.39 is 5.97 Å². The Bertz CT molecular complexity index is 717. The maximum absolute atomic E-state index is 12.2. The molecule has 2 aromatic rings. The number of hydrogen-bond donors (Lipinski definition) is 0. The van der Waals surface area contributed by atoms with Crippen LogP contribution < -0.4 is 4.74 Å². The van der Waals surface area contributed by atoms with Crippen molar-refractivity contribution >= 4 is 12.0 Å². The van der Waals surface area contributed by atoms with Crippen molar-refractivity contribution in [3.05, 3.63) is 47.8 Å². The number of hydrogen-bond acceptors (Lipinski definition) is 4. The van der Waals surface area contributed by atoms with Crippen molar-refractivity contribution in [1.29, 1.82) is 0 Å². The van der Waals surface area contributed by atoms with E-state index in [0.717, 1.165) is 11.4 Å². The Hall–Kier alpha value is -2.56. The molecule has 0 aliphatic rings. The summed E-state index contributed by atoms with van der Waals surface area (Å²) in [6, 6.07) is 7.56. The molecule has 0 saturated heterocycles. The largest absolute Gasteiger partial charge is 0.494 e. The van der Waals surface area contributed by atoms with Crippen molar-refractivity contribution in [2.45, 2.75) is 26.7 Å². The first-order valence-corrected chi connectivity index (χ1v) is 7.60. The minimum Gasteiger partial charge on any atom is -0.494 e. The molecule has 1 aromatic carbocycles. The molecule has 23 heavy (non-hydrogen) atoms. The fourth-order valence-corrected chi connectivity index (χ4v) is 2.54. The van der Waals surface area contributed by atoms with Gasteiger partial charge in [0.15, 0.2) is 5.69 Å². The second-order valence-electron chi connectivity index (χ2n) is 5.31. The Morgan fingerprint density at radius 2 is 2.09 bits per heavy atom. The third-order valence-electron chi connectivity index (χ3n) is 3.49. The molecule has 1 heterocycles. The predicted octanol–water partition coefficient (Wildman–Crippen LogP) is 3.82. The molecule has 0 fully saturated rings. The minimum absolute atomic E-state index is 0.142. The van der Waals surface area contributed by atoms with Gasteiger partial charge in [0, 0.05) is 5.56 Å². The molecule has 0 saturated carbocycles. The summed E-state index contributed by atoms with van der Waals surface area (Å²) in [5.41, 5.74) is 2.64. The smallest absolute Gasteiger partial charge is 0.359 e. The molecular formula is C18H22N2O3. The van der Waals surface area contributed by atoms with E-state index in [9.17, 15) is 4.79 Å². The predicted molar refractivity (Wildman–Crippen MR) is 90.3 cm³/mol. The Kier molecular flexibility index (Phi) is 5.21. The number of carbonyl (C=O) groups excluding carboxylic acids is 1. The van der Waals surface area contributed by atoms with Gasteiger partial charge in [-0.2, -0.15) is 5.10 Å². The fourth-order valence-electron chi connectivity index (χ4n) is 2.54. The van der Waals surface area contributed by atoms with Crippen LogP contribution in [0.4, 0.5) is 0 Å². The molecule has 122 valence electrons. The highest BCUT2D eigenvalue weighted by atomic mass is 16.5. The standard InChI is InChI=1S/C18H22N2O3/c1-6-13-16(18(21)23-7-2)19-20(17(13)12(3)4)14-10-8-9-11-15(14)22-5/h6,8-12H,1,7H2,2-5H3. The molecule has 0 aliphatic carbocycles. The van der Waals surface area contributed by atoms with Crippen molar-refractivity contribution in [3.8, 4) is 11.4 Å². The zero-order valence-corrected chi connectivity index (χ0v) is 14.0. The van der Waals surface area contributed by atoms with Gasteiger partial charge in [-0.25, -0.2) is 9.48 Å². The summed E-state index contributed by atoms with van der Waals surface area (Å²) in [4.78, 5) is 12.2. The number of aromatic nitrogens is 2. The van der Waals surface area contributed by atoms with Gasteiger partial charge in [0.2, 0.25) is 0 Å². The molecule has 2 rings (SSSR count). The van der Waals surface area contributed by atoms with Crippen LogP contribution in [0.2, 0.25) is 0 Å². The molecule has 0 atom stereocenters. The molecule has 1 aromatic heterocycles. The van der Waals surface area contributed by atoms with Crippen LogP contribution >= 0.6 is 0 Å². The summed E-state index contributed by atoms with van der Waals surface area (Å²) in [6.07, 6.45) is 1.65. The zero-order chi connectivity index (χ0) is 17.0. The Balaban J connectivity index is 2.72. The van der Waals surface area contributed by atoms with Crippen LogP contribution in [0.1, 0.15) is 48.4 Å². The molecule has 0 bridgehead atoms. The molecular weight excluding hydrogens is 292 g/mol. The Morgan fingerprint density at radius 3 is 2.65 bits per heavy atom. The molecule has 5 nitrogen and oxygen atoms in total. The molecule has 5 heteroatoms. The maximum atomic E-state index is 12.2. The number of ether oxygens (including phenoxy) is 2. The summed E-state index contributed by atoms with van der Waals surface area (Å²) in [5, 5.41) is 4.49. The van der Waals surface area contributed by atoms with Crippen LogP contribution in [0.15, 0.2) is 30.8 Å². The van der Waals surface area contributed by atoms with Gasteiger partial charge in [-0.05, 0) is 25.0 Å². The van der Waals surface area contributed by atoms with Crippen molar-refractivity contribution in [1.82, 2.24) is 9.78 Å². The van der Waals surface area contributed by atoms with Crippen LogP contribution in [-0.4, -0.2) is 29.5 Å². The second-order valence-corrected chi connectivity index (χ2v) is 5.31. The van der Waals surface area contributed by atoms with E-state index in [1.807, 2.05) is 38.1 Å². The van der Waals surface area contributed by atoms with E-state index in [4.69, 9.17) is 9.47 Å². The van der Waals surface area contributed by atoms with Gasteiger partial charge in [-0.15, -0.1) is 0 Å². The van der Waals surface area contributed by atoms with E-state index in [2.05, 4.69) is 11.7 Å². The lowest BCUT2D eigenvalue weighted by molar-refractivity contribution is 0.0518. The Labute approximate surface area is 136 Å². The number of rotatable bonds is 6. The third kappa shape index (κ3) is 3.13. The van der Waals surface area contributed by atoms with E-state index in [-0.39, 0.29) is 11.6 Å². The molecule has 0 radical (unpaired) electrons. The number of carbonyl (C=O) groups is 1. The van der Waals surface area contributed by atoms with E-state index in [0.29, 0.717) is 17.9 Å². The topological polar surface area (TPSA) is 53.3 Å². The van der Waals surface area contributed by atoms with E-state index >= 15 is 0 Å². The van der Waals surface area contributed by atoms with Gasteiger partial charge in [0.05, 0.1) is 19.4 Å². The van der Waals surface area contributed by atoms with Gasteiger partial charge >= 0.3 is 5.97 Å². The second kappa shape index (κ2) is 7.13. The first-order chi connectivity index (χ1) is 11.0. The highest BCUT2D eigenvalue weighted by Gasteiger charge is 2.25. The number of nitrogens with zero attached hydrogens (tertiary/aromatic N) is 2. The highest BCUT2D eigenvalue weighted by Crippen LogP contribution is 2.31. The average Bonchev–Trinajstić information content (AvgIpc) is 2.94. The number of methoxy groups -OCH3 is 1. The highest BCUT2D eigenvalue weighted by molar-refractivity contribution is 5.92. The minimum atomic E-state index is -0.446. The lowest BCUT2D eigenvalue weighted by Crippen LogP contribution is -2.08. The summed E-state index contributed by atoms with van der Waals surface area (Å²) >= 11 is 0. The van der Waals surface area contributed by atoms with Gasteiger partial charge in [0.25, 0.3) is 0 Å². The molecule has 0 amide bonds. The molecule has 0 aliphatic heterocycles. The van der Waals surface area contributed by atoms with Gasteiger partial charge < -0.3 is 9.47 Å². The summed E-state index contributed by atoms with van der Waals surface area (Å²) in [6.45, 7) is 10.00. The molecule has 0 N–H and O–H groups in total. The van der Waals surface area contributed by atoms with Crippen LogP contribution in [-0.2, 0) is 4.74 Å². The summed E-state index contributed by atoms with van der Waals surface area (Å²) < 4.78 is 12.3. The van der Waals surface area contributed by atoms with Crippen LogP contribution in [0.3, 0.4) is 0 Å². The lowest BCUT2D eigenvalue weighted by atomic mass is 10.0. The van der Waals surface area contributed by atoms with E-state index in [1.165, 1.54) is 0 Å².